The van der Waals surface area contributed by atoms with E-state index in [1.165, 1.54) is 21.2 Å². The van der Waals surface area contributed by atoms with Crippen molar-refractivity contribution in [2.75, 3.05) is 7.11 Å². The summed E-state index contributed by atoms with van der Waals surface area (Å²) in [5.74, 6) is 2.83. The fourth-order valence-corrected chi connectivity index (χ4v) is 4.06. The Morgan fingerprint density at radius 3 is 2.42 bits per heavy atom. The molecule has 0 aliphatic heterocycles. The van der Waals surface area contributed by atoms with E-state index in [1.807, 2.05) is 23.9 Å². The summed E-state index contributed by atoms with van der Waals surface area (Å²) in [5.41, 5.74) is 1.28. The van der Waals surface area contributed by atoms with Crippen LogP contribution in [0.5, 0.6) is 11.5 Å². The van der Waals surface area contributed by atoms with E-state index >= 15 is 0 Å². The van der Waals surface area contributed by atoms with Crippen molar-refractivity contribution in [2.45, 2.75) is 23.7 Å². The van der Waals surface area contributed by atoms with Gasteiger partial charge in [0.1, 0.15) is 11.5 Å². The number of methoxy groups -OCH3 is 1. The summed E-state index contributed by atoms with van der Waals surface area (Å²) in [4.78, 5) is 1.24. The van der Waals surface area contributed by atoms with Gasteiger partial charge in [0, 0.05) is 16.0 Å². The molecule has 0 fully saturated rings. The molecular formula is C20H21O2SSi. The molecule has 0 saturated heterocycles. The SMILES string of the molecule is COc1ccc(CSc2cc(O[Si](C)C)c3ccccc3c2)cc1. The van der Waals surface area contributed by atoms with Crippen molar-refractivity contribution in [1.29, 1.82) is 0 Å². The third-order valence-electron chi connectivity index (χ3n) is 3.68. The van der Waals surface area contributed by atoms with Crippen LogP contribution in [0.2, 0.25) is 13.1 Å². The second-order valence-corrected chi connectivity index (χ2v) is 8.86. The van der Waals surface area contributed by atoms with Crippen molar-refractivity contribution in [3.63, 3.8) is 0 Å². The van der Waals surface area contributed by atoms with E-state index in [0.29, 0.717) is 0 Å². The molecule has 0 heterocycles. The van der Waals surface area contributed by atoms with Crippen LogP contribution >= 0.6 is 11.8 Å². The van der Waals surface area contributed by atoms with Crippen molar-refractivity contribution in [3.8, 4) is 11.5 Å². The Bertz CT molecular complexity index is 815. The molecule has 0 atom stereocenters. The average Bonchev–Trinajstić information content (AvgIpc) is 2.60. The highest BCUT2D eigenvalue weighted by Crippen LogP contribution is 2.34. The maximum atomic E-state index is 6.12. The number of hydrogen-bond donors (Lipinski definition) is 0. The van der Waals surface area contributed by atoms with Gasteiger partial charge in [-0.15, -0.1) is 11.8 Å². The maximum Gasteiger partial charge on any atom is 0.274 e. The smallest absolute Gasteiger partial charge is 0.274 e. The number of ether oxygens (including phenoxy) is 1. The second kappa shape index (κ2) is 7.77. The van der Waals surface area contributed by atoms with E-state index in [-0.39, 0.29) is 0 Å². The van der Waals surface area contributed by atoms with Gasteiger partial charge in [0.05, 0.1) is 7.11 Å². The number of fused-ring (bicyclic) bond motifs is 1. The van der Waals surface area contributed by atoms with Gasteiger partial charge in [0.15, 0.2) is 0 Å². The van der Waals surface area contributed by atoms with Gasteiger partial charge < -0.3 is 9.16 Å². The first-order valence-electron chi connectivity index (χ1n) is 7.92. The molecule has 3 rings (SSSR count). The molecule has 0 N–H and O–H groups in total. The molecule has 0 aromatic heterocycles. The molecular weight excluding hydrogens is 332 g/mol. The van der Waals surface area contributed by atoms with Crippen LogP contribution < -0.4 is 9.16 Å². The third kappa shape index (κ3) is 4.13. The lowest BCUT2D eigenvalue weighted by Gasteiger charge is -2.14. The first-order chi connectivity index (χ1) is 11.7. The highest BCUT2D eigenvalue weighted by Gasteiger charge is 2.08. The van der Waals surface area contributed by atoms with Crippen LogP contribution in [0, 0.1) is 0 Å². The maximum absolute atomic E-state index is 6.12. The third-order valence-corrected chi connectivity index (χ3v) is 5.35. The summed E-state index contributed by atoms with van der Waals surface area (Å²) >= 11 is 1.83. The van der Waals surface area contributed by atoms with Gasteiger partial charge in [-0.3, -0.25) is 0 Å². The molecule has 0 aliphatic carbocycles. The van der Waals surface area contributed by atoms with Gasteiger partial charge >= 0.3 is 0 Å². The molecule has 0 unspecified atom stereocenters. The number of benzene rings is 3. The van der Waals surface area contributed by atoms with Crippen molar-refractivity contribution in [3.05, 3.63) is 66.2 Å². The van der Waals surface area contributed by atoms with Crippen LogP contribution in [0.15, 0.2) is 65.6 Å². The van der Waals surface area contributed by atoms with E-state index in [0.717, 1.165) is 17.3 Å². The highest BCUT2D eigenvalue weighted by molar-refractivity contribution is 7.98. The Kier molecular flexibility index (Phi) is 5.48. The van der Waals surface area contributed by atoms with E-state index in [1.54, 1.807) is 7.11 Å². The minimum Gasteiger partial charge on any atom is -0.542 e. The van der Waals surface area contributed by atoms with Gasteiger partial charge in [-0.25, -0.2) is 0 Å². The molecule has 3 aromatic carbocycles. The summed E-state index contributed by atoms with van der Waals surface area (Å²) in [6.45, 7) is 4.33. The summed E-state index contributed by atoms with van der Waals surface area (Å²) in [6, 6.07) is 21.1. The minimum absolute atomic E-state index is 0.791. The molecule has 0 aliphatic rings. The van der Waals surface area contributed by atoms with Crippen LogP contribution in [0.4, 0.5) is 0 Å². The lowest BCUT2D eigenvalue weighted by Crippen LogP contribution is -2.11. The lowest BCUT2D eigenvalue weighted by molar-refractivity contribution is 0.414. The number of thioether (sulfide) groups is 1. The van der Waals surface area contributed by atoms with Gasteiger partial charge in [-0.1, -0.05) is 36.4 Å². The molecule has 0 bridgehead atoms. The zero-order valence-corrected chi connectivity index (χ0v) is 16.0. The minimum atomic E-state index is -0.791. The number of rotatable bonds is 6. The second-order valence-electron chi connectivity index (χ2n) is 5.79. The Hall–Kier alpha value is -1.91. The molecule has 0 spiro atoms. The van der Waals surface area contributed by atoms with Crippen LogP contribution in [0.25, 0.3) is 10.8 Å². The molecule has 3 aromatic rings. The zero-order chi connectivity index (χ0) is 16.9. The zero-order valence-electron chi connectivity index (χ0n) is 14.2. The predicted octanol–water partition coefficient (Wildman–Crippen LogP) is 5.77. The van der Waals surface area contributed by atoms with Gasteiger partial charge in [0.2, 0.25) is 0 Å². The summed E-state index contributed by atoms with van der Waals surface area (Å²) in [7, 11) is 0.901. The van der Waals surface area contributed by atoms with Gasteiger partial charge in [-0.2, -0.15) is 0 Å². The first-order valence-corrected chi connectivity index (χ1v) is 11.3. The number of hydrogen-bond acceptors (Lipinski definition) is 3. The van der Waals surface area contributed by atoms with E-state index in [4.69, 9.17) is 9.16 Å². The highest BCUT2D eigenvalue weighted by atomic mass is 32.2. The van der Waals surface area contributed by atoms with Crippen molar-refractivity contribution in [1.82, 2.24) is 0 Å². The van der Waals surface area contributed by atoms with Crippen molar-refractivity contribution < 1.29 is 9.16 Å². The normalized spacial score (nSPS) is 11.0. The molecule has 0 amide bonds. The van der Waals surface area contributed by atoms with Gasteiger partial charge in [0.25, 0.3) is 9.04 Å². The molecule has 2 nitrogen and oxygen atoms in total. The average molecular weight is 354 g/mol. The summed E-state index contributed by atoms with van der Waals surface area (Å²) in [5, 5.41) is 2.42. The van der Waals surface area contributed by atoms with Crippen LogP contribution in [0.3, 0.4) is 0 Å². The van der Waals surface area contributed by atoms with Crippen molar-refractivity contribution >= 4 is 31.6 Å². The van der Waals surface area contributed by atoms with Crippen LogP contribution in [-0.2, 0) is 5.75 Å². The standard InChI is InChI=1S/C20H21O2SSi/c1-21-17-10-8-15(9-11-17)14-23-18-12-16-6-4-5-7-19(16)20(13-18)22-24(2)3/h4-13H,14H2,1-3H3. The van der Waals surface area contributed by atoms with E-state index in [9.17, 15) is 0 Å². The van der Waals surface area contributed by atoms with Crippen molar-refractivity contribution in [2.24, 2.45) is 0 Å². The van der Waals surface area contributed by atoms with Crippen LogP contribution in [0.1, 0.15) is 5.56 Å². The fourth-order valence-electron chi connectivity index (χ4n) is 2.53. The molecule has 0 saturated carbocycles. The molecule has 24 heavy (non-hydrogen) atoms. The predicted molar refractivity (Wildman–Crippen MR) is 105 cm³/mol. The molecule has 123 valence electrons. The Morgan fingerprint density at radius 2 is 1.71 bits per heavy atom. The topological polar surface area (TPSA) is 18.5 Å². The largest absolute Gasteiger partial charge is 0.542 e. The Morgan fingerprint density at radius 1 is 0.958 bits per heavy atom. The first kappa shape index (κ1) is 16.9. The van der Waals surface area contributed by atoms with E-state index < -0.39 is 9.04 Å². The van der Waals surface area contributed by atoms with Crippen LogP contribution in [-0.4, -0.2) is 16.2 Å². The summed E-state index contributed by atoms with van der Waals surface area (Å²) < 4.78 is 11.3. The monoisotopic (exact) mass is 353 g/mol. The fraction of sp³-hybridized carbons (Fsp3) is 0.200. The molecule has 1 radical (unpaired) electrons. The van der Waals surface area contributed by atoms with E-state index in [2.05, 4.69) is 61.6 Å². The van der Waals surface area contributed by atoms with Gasteiger partial charge in [-0.05, 0) is 48.3 Å². The Balaban J connectivity index is 1.83. The lowest BCUT2D eigenvalue weighted by atomic mass is 10.1. The Labute approximate surface area is 149 Å². The summed E-state index contributed by atoms with van der Waals surface area (Å²) in [6.07, 6.45) is 0. The molecule has 4 heteroatoms. The quantitative estimate of drug-likeness (QED) is 0.414.